The van der Waals surface area contributed by atoms with E-state index in [0.717, 1.165) is 18.4 Å². The zero-order valence-electron chi connectivity index (χ0n) is 11.5. The van der Waals surface area contributed by atoms with Crippen molar-refractivity contribution in [3.8, 4) is 0 Å². The number of sulfonamides is 1. The van der Waals surface area contributed by atoms with Crippen molar-refractivity contribution in [3.63, 3.8) is 0 Å². The molecule has 0 N–H and O–H groups in total. The van der Waals surface area contributed by atoms with E-state index in [0.29, 0.717) is 27.7 Å². The lowest BCUT2D eigenvalue weighted by Gasteiger charge is -2.21. The van der Waals surface area contributed by atoms with Gasteiger partial charge in [-0.1, -0.05) is 18.9 Å². The number of benzene rings is 1. The van der Waals surface area contributed by atoms with Crippen LogP contribution in [0, 0.1) is 5.92 Å². The first kappa shape index (κ1) is 16.3. The van der Waals surface area contributed by atoms with Gasteiger partial charge < -0.3 is 0 Å². The first-order valence-electron chi connectivity index (χ1n) is 6.76. The quantitative estimate of drug-likeness (QED) is 0.724. The molecule has 0 bridgehead atoms. The van der Waals surface area contributed by atoms with Crippen molar-refractivity contribution in [2.24, 2.45) is 5.92 Å². The van der Waals surface area contributed by atoms with Gasteiger partial charge in [-0.2, -0.15) is 0 Å². The maximum atomic E-state index is 12.7. The Hall–Kier alpha value is -0.100. The number of rotatable bonds is 5. The van der Waals surface area contributed by atoms with E-state index in [4.69, 9.17) is 11.6 Å². The third-order valence-corrected chi connectivity index (χ3v) is 6.95. The van der Waals surface area contributed by atoms with E-state index in [1.807, 2.05) is 6.07 Å². The highest BCUT2D eigenvalue weighted by Crippen LogP contribution is 2.30. The molecule has 0 saturated heterocycles. The molecule has 0 heterocycles. The normalized spacial score (nSPS) is 17.0. The highest BCUT2D eigenvalue weighted by Gasteiger charge is 2.27. The first-order chi connectivity index (χ1) is 9.45. The van der Waals surface area contributed by atoms with Crippen molar-refractivity contribution in [1.82, 2.24) is 4.31 Å². The summed E-state index contributed by atoms with van der Waals surface area (Å²) in [6, 6.07) is 5.22. The van der Waals surface area contributed by atoms with Gasteiger partial charge in [-0.25, -0.2) is 12.7 Å². The second-order valence-electron chi connectivity index (χ2n) is 5.33. The number of alkyl halides is 1. The fraction of sp³-hybridized carbons (Fsp3) is 0.571. The molecule has 1 saturated carbocycles. The van der Waals surface area contributed by atoms with Crippen LogP contribution in [0.3, 0.4) is 0 Å². The smallest absolute Gasteiger partial charge is 0.207 e. The number of halogens is 2. The molecule has 0 atom stereocenters. The molecule has 6 heteroatoms. The monoisotopic (exact) mass is 379 g/mol. The van der Waals surface area contributed by atoms with E-state index in [1.54, 1.807) is 19.2 Å². The van der Waals surface area contributed by atoms with Crippen molar-refractivity contribution >= 4 is 37.6 Å². The fourth-order valence-corrected chi connectivity index (χ4v) is 5.04. The van der Waals surface area contributed by atoms with Gasteiger partial charge in [0.15, 0.2) is 0 Å². The van der Waals surface area contributed by atoms with Crippen LogP contribution in [-0.2, 0) is 15.9 Å². The standard InChI is InChI=1S/C14H19BrClNO2S/c1-17(10-11-4-2-3-5-11)20(18,19)14-8-12(9-16)6-7-13(14)15/h6-8,11H,2-5,9-10H2,1H3. The Kier molecular flexibility index (Phi) is 5.51. The Labute approximate surface area is 134 Å². The van der Waals surface area contributed by atoms with E-state index in [-0.39, 0.29) is 0 Å². The summed E-state index contributed by atoms with van der Waals surface area (Å²) in [6.45, 7) is 0.597. The minimum absolute atomic E-state index is 0.302. The molecule has 1 aliphatic rings. The summed E-state index contributed by atoms with van der Waals surface area (Å²) in [4.78, 5) is 0.302. The molecule has 1 aromatic rings. The Balaban J connectivity index is 2.24. The molecule has 1 fully saturated rings. The summed E-state index contributed by atoms with van der Waals surface area (Å²) in [5.74, 6) is 0.798. The van der Waals surface area contributed by atoms with E-state index in [2.05, 4.69) is 15.9 Å². The summed E-state index contributed by atoms with van der Waals surface area (Å²) in [6.07, 6.45) is 4.68. The van der Waals surface area contributed by atoms with Crippen LogP contribution in [0.15, 0.2) is 27.6 Å². The number of hydrogen-bond acceptors (Lipinski definition) is 2. The fourth-order valence-electron chi connectivity index (χ4n) is 2.65. The van der Waals surface area contributed by atoms with Crippen molar-refractivity contribution in [2.45, 2.75) is 36.5 Å². The topological polar surface area (TPSA) is 37.4 Å². The van der Waals surface area contributed by atoms with E-state index >= 15 is 0 Å². The molecule has 0 aliphatic heterocycles. The zero-order valence-corrected chi connectivity index (χ0v) is 14.6. The number of nitrogens with zero attached hydrogens (tertiary/aromatic N) is 1. The van der Waals surface area contributed by atoms with Gasteiger partial charge in [-0.15, -0.1) is 11.6 Å². The SMILES string of the molecule is CN(CC1CCCC1)S(=O)(=O)c1cc(CCl)ccc1Br. The van der Waals surface area contributed by atoms with Crippen LogP contribution in [0.4, 0.5) is 0 Å². The molecular weight excluding hydrogens is 362 g/mol. The van der Waals surface area contributed by atoms with Crippen LogP contribution in [0.2, 0.25) is 0 Å². The number of hydrogen-bond donors (Lipinski definition) is 0. The van der Waals surface area contributed by atoms with Gasteiger partial charge >= 0.3 is 0 Å². The Morgan fingerprint density at radius 2 is 2.00 bits per heavy atom. The van der Waals surface area contributed by atoms with Gasteiger partial charge in [0.25, 0.3) is 0 Å². The van der Waals surface area contributed by atoms with Gasteiger partial charge in [-0.05, 0) is 52.4 Å². The second-order valence-corrected chi connectivity index (χ2v) is 8.47. The Morgan fingerprint density at radius 1 is 1.35 bits per heavy atom. The largest absolute Gasteiger partial charge is 0.243 e. The Morgan fingerprint density at radius 3 is 2.60 bits per heavy atom. The van der Waals surface area contributed by atoms with E-state index in [1.165, 1.54) is 17.1 Å². The molecule has 1 aliphatic carbocycles. The highest BCUT2D eigenvalue weighted by atomic mass is 79.9. The van der Waals surface area contributed by atoms with Crippen molar-refractivity contribution in [1.29, 1.82) is 0 Å². The third-order valence-electron chi connectivity index (χ3n) is 3.83. The molecule has 0 aromatic heterocycles. The summed E-state index contributed by atoms with van der Waals surface area (Å²) in [5, 5.41) is 0. The molecule has 112 valence electrons. The van der Waals surface area contributed by atoms with Gasteiger partial charge in [0.2, 0.25) is 10.0 Å². The summed E-state index contributed by atoms with van der Waals surface area (Å²) in [5.41, 5.74) is 0.808. The molecular formula is C14H19BrClNO2S. The molecule has 0 unspecified atom stereocenters. The summed E-state index contributed by atoms with van der Waals surface area (Å²) >= 11 is 9.12. The minimum atomic E-state index is -3.46. The van der Waals surface area contributed by atoms with Gasteiger partial charge in [0.05, 0.1) is 4.90 Å². The third kappa shape index (κ3) is 3.56. The van der Waals surface area contributed by atoms with E-state index in [9.17, 15) is 8.42 Å². The van der Waals surface area contributed by atoms with Crippen molar-refractivity contribution in [2.75, 3.05) is 13.6 Å². The summed E-state index contributed by atoms with van der Waals surface area (Å²) in [7, 11) is -1.80. The van der Waals surface area contributed by atoms with Crippen LogP contribution in [0.1, 0.15) is 31.2 Å². The van der Waals surface area contributed by atoms with Crippen LogP contribution in [0.5, 0.6) is 0 Å². The predicted octanol–water partition coefficient (Wildman–Crippen LogP) is 4.00. The second kappa shape index (κ2) is 6.77. The van der Waals surface area contributed by atoms with Crippen molar-refractivity contribution < 1.29 is 8.42 Å². The maximum absolute atomic E-state index is 12.7. The van der Waals surface area contributed by atoms with Gasteiger partial charge in [0, 0.05) is 23.9 Å². The molecule has 1 aromatic carbocycles. The predicted molar refractivity (Wildman–Crippen MR) is 85.5 cm³/mol. The molecule has 2 rings (SSSR count). The lowest BCUT2D eigenvalue weighted by atomic mass is 10.1. The van der Waals surface area contributed by atoms with Crippen LogP contribution in [-0.4, -0.2) is 26.3 Å². The lowest BCUT2D eigenvalue weighted by molar-refractivity contribution is 0.387. The van der Waals surface area contributed by atoms with Crippen LogP contribution >= 0.6 is 27.5 Å². The van der Waals surface area contributed by atoms with Crippen molar-refractivity contribution in [3.05, 3.63) is 28.2 Å². The lowest BCUT2D eigenvalue weighted by Crippen LogP contribution is -2.31. The van der Waals surface area contributed by atoms with E-state index < -0.39 is 10.0 Å². The molecule has 0 radical (unpaired) electrons. The molecule has 20 heavy (non-hydrogen) atoms. The zero-order chi connectivity index (χ0) is 14.8. The van der Waals surface area contributed by atoms with Crippen LogP contribution in [0.25, 0.3) is 0 Å². The highest BCUT2D eigenvalue weighted by molar-refractivity contribution is 9.10. The maximum Gasteiger partial charge on any atom is 0.243 e. The molecule has 3 nitrogen and oxygen atoms in total. The minimum Gasteiger partial charge on any atom is -0.207 e. The summed E-state index contributed by atoms with van der Waals surface area (Å²) < 4.78 is 27.4. The molecule has 0 amide bonds. The van der Waals surface area contributed by atoms with Gasteiger partial charge in [-0.3, -0.25) is 0 Å². The van der Waals surface area contributed by atoms with Crippen LogP contribution < -0.4 is 0 Å². The average molecular weight is 381 g/mol. The first-order valence-corrected chi connectivity index (χ1v) is 9.52. The molecule has 0 spiro atoms. The van der Waals surface area contributed by atoms with Gasteiger partial charge in [0.1, 0.15) is 0 Å². The average Bonchev–Trinajstić information content (AvgIpc) is 2.92. The Bertz CT molecular complexity index is 571.